The Morgan fingerprint density at radius 3 is 2.32 bits per heavy atom. The first kappa shape index (κ1) is 18.7. The number of benzene rings is 1. The van der Waals surface area contributed by atoms with Crippen molar-refractivity contribution in [1.82, 2.24) is 0 Å². The van der Waals surface area contributed by atoms with E-state index in [-0.39, 0.29) is 11.8 Å². The molecule has 5 nitrogen and oxygen atoms in total. The van der Waals surface area contributed by atoms with Crippen molar-refractivity contribution in [3.8, 4) is 0 Å². The van der Waals surface area contributed by atoms with Gasteiger partial charge in [0.1, 0.15) is 0 Å². The molecule has 0 unspecified atom stereocenters. The average molecular weight is 366 g/mol. The molecule has 1 N–H and O–H groups in total. The Kier molecular flexibility index (Phi) is 5.17. The summed E-state index contributed by atoms with van der Waals surface area (Å²) in [5, 5.41) is 3.46. The van der Waals surface area contributed by atoms with Crippen molar-refractivity contribution in [3.63, 3.8) is 0 Å². The molecular weight excluding hydrogens is 340 g/mol. The molecule has 0 saturated carbocycles. The van der Waals surface area contributed by atoms with E-state index in [1.165, 1.54) is 0 Å². The minimum Gasteiger partial charge on any atom is -0.399 e. The number of carbonyl (C=O) groups is 1. The number of amides is 1. The van der Waals surface area contributed by atoms with Crippen molar-refractivity contribution in [2.75, 3.05) is 18.5 Å². The number of nitrogens with one attached hydrogen (secondary N) is 1. The minimum atomic E-state index is -0.516. The monoisotopic (exact) mass is 365 g/mol. The fourth-order valence-electron chi connectivity index (χ4n) is 2.97. The standard InChI is InChI=1S/C18H25BClNO4/c1-17(2)18(3,4)25-19(24-17)14-6-5-13(11-15(14)20)21-16(22)12-7-9-23-10-8-12/h5-6,11-12H,7-10H2,1-4H3,(H,21,22). The van der Waals surface area contributed by atoms with Crippen LogP contribution in [0.5, 0.6) is 0 Å². The predicted molar refractivity (Wildman–Crippen MR) is 99.3 cm³/mol. The molecule has 0 aromatic heterocycles. The topological polar surface area (TPSA) is 56.8 Å². The lowest BCUT2D eigenvalue weighted by molar-refractivity contribution is -0.122. The van der Waals surface area contributed by atoms with Crippen LogP contribution in [-0.2, 0) is 18.8 Å². The summed E-state index contributed by atoms with van der Waals surface area (Å²) in [5.41, 5.74) is 0.611. The molecule has 2 aliphatic heterocycles. The number of anilines is 1. The van der Waals surface area contributed by atoms with Crippen molar-refractivity contribution in [2.24, 2.45) is 5.92 Å². The van der Waals surface area contributed by atoms with Gasteiger partial charge in [-0.2, -0.15) is 0 Å². The molecule has 0 radical (unpaired) electrons. The second-order valence-electron chi connectivity index (χ2n) is 7.70. The summed E-state index contributed by atoms with van der Waals surface area (Å²) in [5.74, 6) is 0.0121. The summed E-state index contributed by atoms with van der Waals surface area (Å²) < 4.78 is 17.4. The van der Waals surface area contributed by atoms with Crippen molar-refractivity contribution in [2.45, 2.75) is 51.7 Å². The minimum absolute atomic E-state index is 0.00435. The van der Waals surface area contributed by atoms with E-state index in [9.17, 15) is 4.79 Å². The lowest BCUT2D eigenvalue weighted by atomic mass is 9.79. The maximum Gasteiger partial charge on any atom is 0.496 e. The van der Waals surface area contributed by atoms with E-state index < -0.39 is 18.3 Å². The number of carbonyl (C=O) groups excluding carboxylic acids is 1. The molecule has 25 heavy (non-hydrogen) atoms. The first-order valence-electron chi connectivity index (χ1n) is 8.73. The summed E-state index contributed by atoms with van der Waals surface area (Å²) in [4.78, 5) is 12.3. The van der Waals surface area contributed by atoms with Crippen molar-refractivity contribution in [1.29, 1.82) is 0 Å². The molecule has 0 bridgehead atoms. The highest BCUT2D eigenvalue weighted by Crippen LogP contribution is 2.37. The van der Waals surface area contributed by atoms with Crippen LogP contribution in [0.1, 0.15) is 40.5 Å². The van der Waals surface area contributed by atoms with Crippen molar-refractivity contribution >= 4 is 35.8 Å². The maximum absolute atomic E-state index is 12.3. The van der Waals surface area contributed by atoms with Crippen LogP contribution >= 0.6 is 11.6 Å². The Balaban J connectivity index is 1.70. The van der Waals surface area contributed by atoms with Crippen LogP contribution in [0.3, 0.4) is 0 Å². The number of hydrogen-bond donors (Lipinski definition) is 1. The van der Waals surface area contributed by atoms with Gasteiger partial charge in [0.25, 0.3) is 0 Å². The summed E-state index contributed by atoms with van der Waals surface area (Å²) >= 11 is 6.43. The Bertz CT molecular complexity index is 642. The maximum atomic E-state index is 12.3. The third-order valence-corrected chi connectivity index (χ3v) is 5.69. The fourth-order valence-corrected chi connectivity index (χ4v) is 3.24. The largest absolute Gasteiger partial charge is 0.496 e. The van der Waals surface area contributed by atoms with Crippen LogP contribution in [0, 0.1) is 5.92 Å². The SMILES string of the molecule is CC1(C)OB(c2ccc(NC(=O)C3CCOCC3)cc2Cl)OC1(C)C. The highest BCUT2D eigenvalue weighted by atomic mass is 35.5. The summed E-state index contributed by atoms with van der Waals surface area (Å²) in [6.07, 6.45) is 1.51. The van der Waals surface area contributed by atoms with Crippen molar-refractivity contribution in [3.05, 3.63) is 23.2 Å². The Morgan fingerprint density at radius 2 is 1.76 bits per heavy atom. The van der Waals surface area contributed by atoms with Gasteiger partial charge in [0, 0.05) is 35.3 Å². The van der Waals surface area contributed by atoms with E-state index in [0.717, 1.165) is 18.3 Å². The predicted octanol–water partition coefficient (Wildman–Crippen LogP) is 3.00. The van der Waals surface area contributed by atoms with Gasteiger partial charge in [-0.25, -0.2) is 0 Å². The van der Waals surface area contributed by atoms with Gasteiger partial charge in [-0.3, -0.25) is 4.79 Å². The third-order valence-electron chi connectivity index (χ3n) is 5.37. The van der Waals surface area contributed by atoms with Crippen LogP contribution < -0.4 is 10.8 Å². The molecule has 3 rings (SSSR count). The molecule has 0 aliphatic carbocycles. The van der Waals surface area contributed by atoms with Crippen LogP contribution in [-0.4, -0.2) is 37.4 Å². The molecule has 2 heterocycles. The van der Waals surface area contributed by atoms with E-state index in [1.807, 2.05) is 39.8 Å². The second-order valence-corrected chi connectivity index (χ2v) is 8.11. The average Bonchev–Trinajstić information content (AvgIpc) is 2.76. The van der Waals surface area contributed by atoms with Crippen LogP contribution in [0.4, 0.5) is 5.69 Å². The Morgan fingerprint density at radius 1 is 1.16 bits per heavy atom. The van der Waals surface area contributed by atoms with Gasteiger partial charge in [-0.05, 0) is 52.7 Å². The van der Waals surface area contributed by atoms with E-state index in [0.29, 0.717) is 23.9 Å². The molecule has 1 aromatic rings. The normalized spacial score (nSPS) is 22.8. The molecule has 2 fully saturated rings. The first-order chi connectivity index (χ1) is 11.7. The zero-order valence-electron chi connectivity index (χ0n) is 15.2. The second kappa shape index (κ2) is 6.91. The first-order valence-corrected chi connectivity index (χ1v) is 9.11. The zero-order chi connectivity index (χ0) is 18.2. The van der Waals surface area contributed by atoms with E-state index in [2.05, 4.69) is 5.32 Å². The molecular formula is C18H25BClNO4. The smallest absolute Gasteiger partial charge is 0.399 e. The molecule has 136 valence electrons. The zero-order valence-corrected chi connectivity index (χ0v) is 16.0. The lowest BCUT2D eigenvalue weighted by Gasteiger charge is -2.32. The summed E-state index contributed by atoms with van der Waals surface area (Å²) in [6, 6.07) is 5.44. The molecule has 2 aliphatic rings. The Labute approximate surface area is 154 Å². The van der Waals surface area contributed by atoms with Gasteiger partial charge >= 0.3 is 7.12 Å². The van der Waals surface area contributed by atoms with Gasteiger partial charge < -0.3 is 19.4 Å². The number of hydrogen-bond acceptors (Lipinski definition) is 4. The van der Waals surface area contributed by atoms with Gasteiger partial charge in [-0.1, -0.05) is 17.7 Å². The molecule has 1 amide bonds. The van der Waals surface area contributed by atoms with Crippen LogP contribution in [0.15, 0.2) is 18.2 Å². The van der Waals surface area contributed by atoms with Gasteiger partial charge in [0.05, 0.1) is 11.2 Å². The highest BCUT2D eigenvalue weighted by Gasteiger charge is 2.52. The van der Waals surface area contributed by atoms with Gasteiger partial charge in [0.15, 0.2) is 0 Å². The highest BCUT2D eigenvalue weighted by molar-refractivity contribution is 6.65. The fraction of sp³-hybridized carbons (Fsp3) is 0.611. The quantitative estimate of drug-likeness (QED) is 0.837. The van der Waals surface area contributed by atoms with Gasteiger partial charge in [-0.15, -0.1) is 0 Å². The van der Waals surface area contributed by atoms with Crippen molar-refractivity contribution < 1.29 is 18.8 Å². The van der Waals surface area contributed by atoms with Crippen LogP contribution in [0.2, 0.25) is 5.02 Å². The number of ether oxygens (including phenoxy) is 1. The molecule has 7 heteroatoms. The van der Waals surface area contributed by atoms with E-state index in [1.54, 1.807) is 6.07 Å². The van der Waals surface area contributed by atoms with E-state index >= 15 is 0 Å². The summed E-state index contributed by atoms with van der Waals surface area (Å²) in [6.45, 7) is 9.29. The molecule has 2 saturated heterocycles. The third kappa shape index (κ3) is 3.87. The Hall–Kier alpha value is -1.08. The van der Waals surface area contributed by atoms with Gasteiger partial charge in [0.2, 0.25) is 5.91 Å². The molecule has 0 spiro atoms. The number of halogens is 1. The number of rotatable bonds is 3. The van der Waals surface area contributed by atoms with Crippen LogP contribution in [0.25, 0.3) is 0 Å². The summed E-state index contributed by atoms with van der Waals surface area (Å²) in [7, 11) is -0.516. The lowest BCUT2D eigenvalue weighted by Crippen LogP contribution is -2.41. The van der Waals surface area contributed by atoms with E-state index in [4.69, 9.17) is 25.6 Å². The molecule has 0 atom stereocenters. The molecule has 1 aromatic carbocycles.